The van der Waals surface area contributed by atoms with E-state index in [1.54, 1.807) is 29.6 Å². The number of ether oxygens (including phenoxy) is 1. The smallest absolute Gasteiger partial charge is 0.256 e. The number of hydrogen-bond donors (Lipinski definition) is 2. The van der Waals surface area contributed by atoms with E-state index in [9.17, 15) is 4.79 Å². The van der Waals surface area contributed by atoms with Gasteiger partial charge in [-0.05, 0) is 24.3 Å². The first kappa shape index (κ1) is 15.4. The highest BCUT2D eigenvalue weighted by Crippen LogP contribution is 2.27. The van der Waals surface area contributed by atoms with Crippen LogP contribution < -0.4 is 10.1 Å². The van der Waals surface area contributed by atoms with E-state index >= 15 is 0 Å². The van der Waals surface area contributed by atoms with Gasteiger partial charge in [0.2, 0.25) is 0 Å². The lowest BCUT2D eigenvalue weighted by Gasteiger charge is -2.07. The topological polar surface area (TPSA) is 58.6 Å². The van der Waals surface area contributed by atoms with E-state index in [0.717, 1.165) is 4.88 Å². The zero-order chi connectivity index (χ0) is 15.2. The minimum atomic E-state index is -0.246. The molecule has 0 aliphatic heterocycles. The van der Waals surface area contributed by atoms with Crippen LogP contribution in [0.5, 0.6) is 5.75 Å². The summed E-state index contributed by atoms with van der Waals surface area (Å²) in [5.74, 6) is 5.60. The van der Waals surface area contributed by atoms with Gasteiger partial charge < -0.3 is 15.2 Å². The number of aliphatic hydroxyl groups excluding tert-OH is 1. The van der Waals surface area contributed by atoms with Crippen molar-refractivity contribution >= 4 is 34.5 Å². The summed E-state index contributed by atoms with van der Waals surface area (Å²) >= 11 is 7.35. The number of rotatable bonds is 3. The van der Waals surface area contributed by atoms with Gasteiger partial charge in [0.05, 0.1) is 22.6 Å². The van der Waals surface area contributed by atoms with Crippen LogP contribution in [-0.2, 0) is 0 Å². The number of methoxy groups -OCH3 is 1. The maximum absolute atomic E-state index is 12.1. The van der Waals surface area contributed by atoms with E-state index in [1.165, 1.54) is 18.4 Å². The molecule has 0 aliphatic rings. The number of aliphatic hydroxyl groups is 1. The molecule has 0 fully saturated rings. The lowest BCUT2D eigenvalue weighted by molar-refractivity contribution is 0.102. The predicted octanol–water partition coefficient (Wildman–Crippen LogP) is 3.01. The molecule has 0 saturated heterocycles. The van der Waals surface area contributed by atoms with Crippen molar-refractivity contribution < 1.29 is 14.6 Å². The number of carbonyl (C=O) groups excluding carboxylic acids is 1. The van der Waals surface area contributed by atoms with E-state index in [0.29, 0.717) is 22.0 Å². The average Bonchev–Trinajstić information content (AvgIpc) is 2.94. The zero-order valence-corrected chi connectivity index (χ0v) is 12.7. The van der Waals surface area contributed by atoms with Crippen molar-refractivity contribution in [1.82, 2.24) is 0 Å². The van der Waals surface area contributed by atoms with Gasteiger partial charge in [-0.15, -0.1) is 11.3 Å². The molecule has 2 rings (SSSR count). The van der Waals surface area contributed by atoms with Crippen LogP contribution >= 0.6 is 22.9 Å². The van der Waals surface area contributed by atoms with Crippen LogP contribution in [0, 0.1) is 11.8 Å². The number of benzene rings is 1. The van der Waals surface area contributed by atoms with Crippen LogP contribution in [0.2, 0.25) is 5.02 Å². The fourth-order valence-electron chi connectivity index (χ4n) is 1.59. The van der Waals surface area contributed by atoms with Gasteiger partial charge in [0.25, 0.3) is 5.91 Å². The minimum absolute atomic E-state index is 0.205. The molecule has 1 amide bonds. The zero-order valence-electron chi connectivity index (χ0n) is 11.1. The largest absolute Gasteiger partial charge is 0.495 e. The number of nitrogens with one attached hydrogen (secondary N) is 1. The number of halogens is 1. The van der Waals surface area contributed by atoms with Crippen molar-refractivity contribution in [2.24, 2.45) is 0 Å². The molecule has 0 radical (unpaired) electrons. The van der Waals surface area contributed by atoms with Gasteiger partial charge in [0.1, 0.15) is 12.4 Å². The number of thiophene rings is 1. The quantitative estimate of drug-likeness (QED) is 0.854. The van der Waals surface area contributed by atoms with E-state index in [4.69, 9.17) is 21.4 Å². The van der Waals surface area contributed by atoms with Crippen LogP contribution in [0.1, 0.15) is 15.2 Å². The molecule has 0 spiro atoms. The van der Waals surface area contributed by atoms with E-state index < -0.39 is 0 Å². The molecule has 2 N–H and O–H groups in total. The van der Waals surface area contributed by atoms with Crippen molar-refractivity contribution in [3.63, 3.8) is 0 Å². The van der Waals surface area contributed by atoms with E-state index in [1.807, 2.05) is 0 Å². The molecule has 0 unspecified atom stereocenters. The van der Waals surface area contributed by atoms with Crippen molar-refractivity contribution in [3.05, 3.63) is 45.1 Å². The number of amides is 1. The number of anilines is 1. The SMILES string of the molecule is COc1ccc(NC(=O)c2csc(C#CCO)c2)cc1Cl. The van der Waals surface area contributed by atoms with Crippen molar-refractivity contribution in [2.75, 3.05) is 19.0 Å². The Bertz CT molecular complexity index is 715. The molecule has 108 valence electrons. The van der Waals surface area contributed by atoms with E-state index in [-0.39, 0.29) is 12.5 Å². The van der Waals surface area contributed by atoms with Crippen molar-refractivity contribution in [2.45, 2.75) is 0 Å². The fraction of sp³-hybridized carbons (Fsp3) is 0.133. The maximum Gasteiger partial charge on any atom is 0.256 e. The molecule has 0 atom stereocenters. The highest BCUT2D eigenvalue weighted by Gasteiger charge is 2.10. The van der Waals surface area contributed by atoms with Gasteiger partial charge in [0, 0.05) is 11.1 Å². The summed E-state index contributed by atoms with van der Waals surface area (Å²) in [6, 6.07) is 6.69. The Morgan fingerprint density at radius 3 is 2.95 bits per heavy atom. The normalized spacial score (nSPS) is 9.67. The van der Waals surface area contributed by atoms with Crippen LogP contribution in [-0.4, -0.2) is 24.7 Å². The molecule has 21 heavy (non-hydrogen) atoms. The first-order valence-corrected chi connectivity index (χ1v) is 7.23. The molecule has 1 aromatic carbocycles. The summed E-state index contributed by atoms with van der Waals surface area (Å²) in [5, 5.41) is 13.5. The van der Waals surface area contributed by atoms with Crippen LogP contribution in [0.15, 0.2) is 29.6 Å². The van der Waals surface area contributed by atoms with Crippen LogP contribution in [0.25, 0.3) is 0 Å². The van der Waals surface area contributed by atoms with Crippen LogP contribution in [0.4, 0.5) is 5.69 Å². The Morgan fingerprint density at radius 1 is 1.48 bits per heavy atom. The third-order valence-electron chi connectivity index (χ3n) is 2.56. The second kappa shape index (κ2) is 7.14. The first-order valence-electron chi connectivity index (χ1n) is 5.97. The Hall–Kier alpha value is -2.00. The summed E-state index contributed by atoms with van der Waals surface area (Å²) in [7, 11) is 1.53. The van der Waals surface area contributed by atoms with Crippen molar-refractivity contribution in [3.8, 4) is 17.6 Å². The average molecular weight is 322 g/mol. The predicted molar refractivity (Wildman–Crippen MR) is 84.2 cm³/mol. The van der Waals surface area contributed by atoms with Gasteiger partial charge >= 0.3 is 0 Å². The lowest BCUT2D eigenvalue weighted by atomic mass is 10.2. The highest BCUT2D eigenvalue weighted by molar-refractivity contribution is 7.10. The molecule has 1 aromatic heterocycles. The molecule has 0 saturated carbocycles. The molecular formula is C15H12ClNO3S. The third-order valence-corrected chi connectivity index (χ3v) is 3.70. The summed E-state index contributed by atoms with van der Waals surface area (Å²) in [6.45, 7) is -0.205. The fourth-order valence-corrected chi connectivity index (χ4v) is 2.61. The lowest BCUT2D eigenvalue weighted by Crippen LogP contribution is -2.10. The third kappa shape index (κ3) is 3.99. The standard InChI is InChI=1S/C15H12ClNO3S/c1-20-14-5-4-11(8-13(14)16)17-15(19)10-7-12(21-9-10)3-2-6-18/h4-5,7-9,18H,6H2,1H3,(H,17,19). The second-order valence-corrected chi connectivity index (χ2v) is 5.28. The molecule has 4 nitrogen and oxygen atoms in total. The van der Waals surface area contributed by atoms with Gasteiger partial charge in [-0.25, -0.2) is 0 Å². The summed E-state index contributed by atoms with van der Waals surface area (Å²) in [4.78, 5) is 12.8. The monoisotopic (exact) mass is 321 g/mol. The molecule has 6 heteroatoms. The van der Waals surface area contributed by atoms with Gasteiger partial charge in [0.15, 0.2) is 0 Å². The summed E-state index contributed by atoms with van der Waals surface area (Å²) in [5.41, 5.74) is 1.09. The van der Waals surface area contributed by atoms with Gasteiger partial charge in [-0.1, -0.05) is 23.4 Å². The Kier molecular flexibility index (Phi) is 5.23. The maximum atomic E-state index is 12.1. The molecule has 0 aliphatic carbocycles. The summed E-state index contributed by atoms with van der Waals surface area (Å²) < 4.78 is 5.05. The van der Waals surface area contributed by atoms with Crippen LogP contribution in [0.3, 0.4) is 0 Å². The Balaban J connectivity index is 2.10. The van der Waals surface area contributed by atoms with E-state index in [2.05, 4.69) is 17.2 Å². The number of hydrogen-bond acceptors (Lipinski definition) is 4. The van der Waals surface area contributed by atoms with Gasteiger partial charge in [-0.2, -0.15) is 0 Å². The number of carbonyl (C=O) groups is 1. The second-order valence-electron chi connectivity index (χ2n) is 3.96. The molecule has 0 bridgehead atoms. The summed E-state index contributed by atoms with van der Waals surface area (Å²) in [6.07, 6.45) is 0. The highest BCUT2D eigenvalue weighted by atomic mass is 35.5. The Morgan fingerprint density at radius 2 is 2.29 bits per heavy atom. The van der Waals surface area contributed by atoms with Crippen molar-refractivity contribution in [1.29, 1.82) is 0 Å². The molecule has 2 aromatic rings. The first-order chi connectivity index (χ1) is 10.1. The molecular weight excluding hydrogens is 310 g/mol. The molecule has 1 heterocycles. The van der Waals surface area contributed by atoms with Gasteiger partial charge in [-0.3, -0.25) is 4.79 Å². The minimum Gasteiger partial charge on any atom is -0.495 e. The Labute approximate surface area is 131 Å².